The molecule has 0 saturated heterocycles. The van der Waals surface area contributed by atoms with Crippen LogP contribution in [0.5, 0.6) is 0 Å². The summed E-state index contributed by atoms with van der Waals surface area (Å²) < 4.78 is 0. The fraction of sp³-hybridized carbons (Fsp3) is 0.176. The molecule has 1 aliphatic rings. The Labute approximate surface area is 129 Å². The lowest BCUT2D eigenvalue weighted by Gasteiger charge is -2.31. The lowest BCUT2D eigenvalue weighted by molar-refractivity contribution is 0.731. The van der Waals surface area contributed by atoms with E-state index in [1.165, 1.54) is 16.7 Å². The summed E-state index contributed by atoms with van der Waals surface area (Å²) in [7, 11) is 0. The lowest BCUT2D eigenvalue weighted by Crippen LogP contribution is -2.30. The minimum Gasteiger partial charge on any atom is -0.367 e. The van der Waals surface area contributed by atoms with Gasteiger partial charge in [-0.2, -0.15) is 0 Å². The SMILES string of the molecule is C=Cc1ccc2c(c1)CCN(c1ccc(Cl)c(Cl)c1)C2. The van der Waals surface area contributed by atoms with Crippen molar-refractivity contribution in [1.82, 2.24) is 0 Å². The highest BCUT2D eigenvalue weighted by molar-refractivity contribution is 6.42. The van der Waals surface area contributed by atoms with Gasteiger partial charge in [0.05, 0.1) is 10.0 Å². The van der Waals surface area contributed by atoms with E-state index in [0.717, 1.165) is 25.2 Å². The van der Waals surface area contributed by atoms with Crippen molar-refractivity contribution in [3.63, 3.8) is 0 Å². The molecule has 3 rings (SSSR count). The van der Waals surface area contributed by atoms with E-state index in [1.807, 2.05) is 24.3 Å². The fourth-order valence-electron chi connectivity index (χ4n) is 2.60. The van der Waals surface area contributed by atoms with Crippen molar-refractivity contribution in [2.24, 2.45) is 0 Å². The van der Waals surface area contributed by atoms with Crippen LogP contribution in [0.25, 0.3) is 6.08 Å². The highest BCUT2D eigenvalue weighted by Gasteiger charge is 2.17. The van der Waals surface area contributed by atoms with Crippen molar-refractivity contribution >= 4 is 35.0 Å². The summed E-state index contributed by atoms with van der Waals surface area (Å²) in [6, 6.07) is 12.4. The Kier molecular flexibility index (Phi) is 3.73. The van der Waals surface area contributed by atoms with E-state index in [4.69, 9.17) is 23.2 Å². The Morgan fingerprint density at radius 1 is 1.00 bits per heavy atom. The van der Waals surface area contributed by atoms with Crippen LogP contribution in [0, 0.1) is 0 Å². The first-order valence-corrected chi connectivity index (χ1v) is 7.37. The standard InChI is InChI=1S/C17H15Cl2N/c1-2-12-3-4-14-11-20(8-7-13(14)9-12)15-5-6-16(18)17(19)10-15/h2-6,9-10H,1,7-8,11H2. The number of hydrogen-bond acceptors (Lipinski definition) is 1. The molecule has 1 aliphatic heterocycles. The Morgan fingerprint density at radius 3 is 2.60 bits per heavy atom. The second kappa shape index (κ2) is 5.51. The molecule has 2 aromatic rings. The first-order valence-electron chi connectivity index (χ1n) is 6.61. The number of halogens is 2. The predicted molar refractivity (Wildman–Crippen MR) is 87.7 cm³/mol. The number of rotatable bonds is 2. The summed E-state index contributed by atoms with van der Waals surface area (Å²) in [4.78, 5) is 2.33. The summed E-state index contributed by atoms with van der Waals surface area (Å²) in [5.74, 6) is 0. The van der Waals surface area contributed by atoms with Crippen molar-refractivity contribution in [1.29, 1.82) is 0 Å². The van der Waals surface area contributed by atoms with Gasteiger partial charge in [-0.3, -0.25) is 0 Å². The molecule has 0 aliphatic carbocycles. The molecule has 102 valence electrons. The molecule has 0 bridgehead atoms. The minimum absolute atomic E-state index is 0.600. The molecule has 0 fully saturated rings. The maximum absolute atomic E-state index is 6.10. The molecule has 0 N–H and O–H groups in total. The largest absolute Gasteiger partial charge is 0.367 e. The van der Waals surface area contributed by atoms with Gasteiger partial charge in [0.15, 0.2) is 0 Å². The van der Waals surface area contributed by atoms with Gasteiger partial charge < -0.3 is 4.90 Å². The van der Waals surface area contributed by atoms with Gasteiger partial charge in [0.1, 0.15) is 0 Å². The molecule has 2 aromatic carbocycles. The highest BCUT2D eigenvalue weighted by Crippen LogP contribution is 2.30. The number of nitrogens with zero attached hydrogens (tertiary/aromatic N) is 1. The second-order valence-corrected chi connectivity index (χ2v) is 5.82. The van der Waals surface area contributed by atoms with Crippen LogP contribution in [0.1, 0.15) is 16.7 Å². The summed E-state index contributed by atoms with van der Waals surface area (Å²) in [6.45, 7) is 5.72. The zero-order valence-corrected chi connectivity index (χ0v) is 12.6. The molecule has 0 radical (unpaired) electrons. The normalized spacial score (nSPS) is 14.0. The smallest absolute Gasteiger partial charge is 0.0612 e. The van der Waals surface area contributed by atoms with E-state index in [1.54, 1.807) is 0 Å². The van der Waals surface area contributed by atoms with Crippen LogP contribution in [-0.4, -0.2) is 6.54 Å². The van der Waals surface area contributed by atoms with Crippen LogP contribution >= 0.6 is 23.2 Å². The topological polar surface area (TPSA) is 3.24 Å². The molecule has 0 unspecified atom stereocenters. The minimum atomic E-state index is 0.600. The molecule has 3 heteroatoms. The van der Waals surface area contributed by atoms with Crippen molar-refractivity contribution in [2.75, 3.05) is 11.4 Å². The summed E-state index contributed by atoms with van der Waals surface area (Å²) in [5.41, 5.74) is 5.09. The number of hydrogen-bond donors (Lipinski definition) is 0. The molecule has 0 aromatic heterocycles. The van der Waals surface area contributed by atoms with Crippen LogP contribution in [0.15, 0.2) is 43.0 Å². The molecular formula is C17H15Cl2N. The Hall–Kier alpha value is -1.44. The van der Waals surface area contributed by atoms with Gasteiger partial charge in [0, 0.05) is 18.8 Å². The molecular weight excluding hydrogens is 289 g/mol. The van der Waals surface area contributed by atoms with E-state index in [0.29, 0.717) is 10.0 Å². The molecule has 1 nitrogen and oxygen atoms in total. The predicted octanol–water partition coefficient (Wildman–Crippen LogP) is 5.20. The van der Waals surface area contributed by atoms with Crippen LogP contribution in [0.2, 0.25) is 10.0 Å². The number of anilines is 1. The monoisotopic (exact) mass is 303 g/mol. The summed E-state index contributed by atoms with van der Waals surface area (Å²) in [5, 5.41) is 1.21. The third-order valence-corrected chi connectivity index (χ3v) is 4.49. The Morgan fingerprint density at radius 2 is 1.85 bits per heavy atom. The van der Waals surface area contributed by atoms with Gasteiger partial charge in [-0.25, -0.2) is 0 Å². The van der Waals surface area contributed by atoms with Crippen molar-refractivity contribution in [3.8, 4) is 0 Å². The number of benzene rings is 2. The van der Waals surface area contributed by atoms with Crippen molar-refractivity contribution < 1.29 is 0 Å². The Balaban J connectivity index is 1.88. The van der Waals surface area contributed by atoms with Gasteiger partial charge in [0.2, 0.25) is 0 Å². The van der Waals surface area contributed by atoms with E-state index in [9.17, 15) is 0 Å². The number of fused-ring (bicyclic) bond motifs is 1. The lowest BCUT2D eigenvalue weighted by atomic mass is 9.97. The van der Waals surface area contributed by atoms with Gasteiger partial charge in [-0.05, 0) is 41.3 Å². The van der Waals surface area contributed by atoms with Gasteiger partial charge in [0.25, 0.3) is 0 Å². The average molecular weight is 304 g/mol. The third kappa shape index (κ3) is 2.56. The van der Waals surface area contributed by atoms with Gasteiger partial charge >= 0.3 is 0 Å². The second-order valence-electron chi connectivity index (χ2n) is 5.00. The molecule has 1 heterocycles. The maximum Gasteiger partial charge on any atom is 0.0612 e. The molecule has 0 spiro atoms. The zero-order chi connectivity index (χ0) is 14.1. The third-order valence-electron chi connectivity index (χ3n) is 3.75. The van der Waals surface area contributed by atoms with Crippen molar-refractivity contribution in [2.45, 2.75) is 13.0 Å². The van der Waals surface area contributed by atoms with Crippen LogP contribution in [0.3, 0.4) is 0 Å². The van der Waals surface area contributed by atoms with E-state index < -0.39 is 0 Å². The zero-order valence-electron chi connectivity index (χ0n) is 11.1. The van der Waals surface area contributed by atoms with Gasteiger partial charge in [-0.15, -0.1) is 0 Å². The quantitative estimate of drug-likeness (QED) is 0.737. The first-order chi connectivity index (χ1) is 9.67. The van der Waals surface area contributed by atoms with E-state index >= 15 is 0 Å². The van der Waals surface area contributed by atoms with Crippen LogP contribution in [0.4, 0.5) is 5.69 Å². The molecule has 0 amide bonds. The Bertz CT molecular complexity index is 664. The molecule has 0 saturated carbocycles. The van der Waals surface area contributed by atoms with Gasteiger partial charge in [-0.1, -0.05) is 54.1 Å². The highest BCUT2D eigenvalue weighted by atomic mass is 35.5. The maximum atomic E-state index is 6.10. The molecule has 0 atom stereocenters. The molecule has 20 heavy (non-hydrogen) atoms. The summed E-state index contributed by atoms with van der Waals surface area (Å²) in [6.07, 6.45) is 2.93. The van der Waals surface area contributed by atoms with Crippen LogP contribution in [-0.2, 0) is 13.0 Å². The van der Waals surface area contributed by atoms with E-state index in [2.05, 4.69) is 29.7 Å². The van der Waals surface area contributed by atoms with Crippen LogP contribution < -0.4 is 4.90 Å². The van der Waals surface area contributed by atoms with E-state index in [-0.39, 0.29) is 0 Å². The summed E-state index contributed by atoms with van der Waals surface area (Å²) >= 11 is 12.1. The first kappa shape index (κ1) is 13.5. The average Bonchev–Trinajstić information content (AvgIpc) is 2.49. The van der Waals surface area contributed by atoms with Crippen molar-refractivity contribution in [3.05, 3.63) is 69.7 Å². The fourth-order valence-corrected chi connectivity index (χ4v) is 2.89.